The van der Waals surface area contributed by atoms with Gasteiger partial charge in [0.2, 0.25) is 0 Å². The van der Waals surface area contributed by atoms with Gasteiger partial charge in [-0.3, -0.25) is 4.79 Å². The highest BCUT2D eigenvalue weighted by atomic mass is 32.1. The Bertz CT molecular complexity index is 907. The van der Waals surface area contributed by atoms with Crippen molar-refractivity contribution in [1.82, 2.24) is 5.32 Å². The minimum absolute atomic E-state index is 0.189. The zero-order chi connectivity index (χ0) is 17.8. The summed E-state index contributed by atoms with van der Waals surface area (Å²) in [6.45, 7) is 1.47. The van der Waals surface area contributed by atoms with Gasteiger partial charge in [-0.25, -0.2) is 9.18 Å². The summed E-state index contributed by atoms with van der Waals surface area (Å²) in [4.78, 5) is 24.3. The van der Waals surface area contributed by atoms with Gasteiger partial charge in [0.1, 0.15) is 10.7 Å². The molecule has 0 bridgehead atoms. The van der Waals surface area contributed by atoms with Crippen molar-refractivity contribution in [3.05, 3.63) is 70.9 Å². The highest BCUT2D eigenvalue weighted by Gasteiger charge is 2.16. The fourth-order valence-electron chi connectivity index (χ4n) is 2.44. The lowest BCUT2D eigenvalue weighted by Gasteiger charge is -2.14. The van der Waals surface area contributed by atoms with Crippen molar-refractivity contribution in [3.63, 3.8) is 0 Å². The van der Waals surface area contributed by atoms with Crippen LogP contribution in [0.5, 0.6) is 0 Å². The molecule has 128 valence electrons. The molecule has 0 aliphatic carbocycles. The minimum Gasteiger partial charge on any atom is -0.451 e. The monoisotopic (exact) mass is 357 g/mol. The van der Waals surface area contributed by atoms with E-state index < -0.39 is 11.9 Å². The summed E-state index contributed by atoms with van der Waals surface area (Å²) >= 11 is 1.14. The first-order valence-electron chi connectivity index (χ1n) is 7.74. The molecule has 0 saturated carbocycles. The molecule has 0 aliphatic rings. The number of nitrogens with one attached hydrogen (secondary N) is 1. The molecule has 1 N–H and O–H groups in total. The number of thiophene rings is 1. The van der Waals surface area contributed by atoms with Crippen molar-refractivity contribution in [1.29, 1.82) is 0 Å². The highest BCUT2D eigenvalue weighted by molar-refractivity contribution is 7.20. The van der Waals surface area contributed by atoms with Crippen LogP contribution in [0.4, 0.5) is 4.39 Å². The summed E-state index contributed by atoms with van der Waals surface area (Å²) in [7, 11) is 0. The number of carbonyl (C=O) groups excluding carboxylic acids is 2. The van der Waals surface area contributed by atoms with Crippen molar-refractivity contribution >= 4 is 33.3 Å². The van der Waals surface area contributed by atoms with Crippen LogP contribution < -0.4 is 5.32 Å². The van der Waals surface area contributed by atoms with E-state index in [1.807, 2.05) is 37.3 Å². The largest absolute Gasteiger partial charge is 0.451 e. The number of amides is 1. The van der Waals surface area contributed by atoms with Crippen LogP contribution in [0, 0.1) is 5.82 Å². The summed E-state index contributed by atoms with van der Waals surface area (Å²) in [6.07, 6.45) is 0. The first kappa shape index (κ1) is 17.1. The second kappa shape index (κ2) is 7.44. The first-order chi connectivity index (χ1) is 12.0. The molecule has 1 atom stereocenters. The number of hydrogen-bond acceptors (Lipinski definition) is 4. The maximum absolute atomic E-state index is 13.7. The van der Waals surface area contributed by atoms with E-state index in [-0.39, 0.29) is 23.3 Å². The van der Waals surface area contributed by atoms with Crippen molar-refractivity contribution < 1.29 is 18.7 Å². The number of rotatable bonds is 5. The summed E-state index contributed by atoms with van der Waals surface area (Å²) in [5.74, 6) is -1.41. The number of benzene rings is 2. The molecular weight excluding hydrogens is 341 g/mol. The molecule has 4 nitrogen and oxygen atoms in total. The summed E-state index contributed by atoms with van der Waals surface area (Å²) in [5, 5.41) is 3.14. The van der Waals surface area contributed by atoms with Crippen LogP contribution in [-0.2, 0) is 9.53 Å². The third-order valence-electron chi connectivity index (χ3n) is 3.72. The number of hydrogen-bond donors (Lipinski definition) is 1. The van der Waals surface area contributed by atoms with Gasteiger partial charge in [0.05, 0.1) is 6.04 Å². The Morgan fingerprint density at radius 2 is 1.92 bits per heavy atom. The van der Waals surface area contributed by atoms with Gasteiger partial charge in [-0.15, -0.1) is 11.3 Å². The Kier molecular flexibility index (Phi) is 5.09. The quantitative estimate of drug-likeness (QED) is 0.700. The fourth-order valence-corrected chi connectivity index (χ4v) is 3.41. The standard InChI is InChI=1S/C19H16FNO3S/c1-12(13-6-3-2-4-7-13)21-18(22)11-24-19(23)17-10-14-15(20)8-5-9-16(14)25-17/h2-10,12H,11H2,1H3,(H,21,22)/t12-/m0/s1. The average Bonchev–Trinajstić information content (AvgIpc) is 3.06. The number of halogens is 1. The van der Waals surface area contributed by atoms with Crippen LogP contribution in [0.25, 0.3) is 10.1 Å². The van der Waals surface area contributed by atoms with Gasteiger partial charge in [-0.1, -0.05) is 36.4 Å². The van der Waals surface area contributed by atoms with E-state index >= 15 is 0 Å². The second-order valence-electron chi connectivity index (χ2n) is 5.54. The van der Waals surface area contributed by atoms with Crippen LogP contribution in [0.2, 0.25) is 0 Å². The number of esters is 1. The maximum atomic E-state index is 13.7. The smallest absolute Gasteiger partial charge is 0.348 e. The molecule has 25 heavy (non-hydrogen) atoms. The Labute approximate surface area is 148 Å². The van der Waals surface area contributed by atoms with Gasteiger partial charge in [0, 0.05) is 10.1 Å². The Morgan fingerprint density at radius 3 is 2.64 bits per heavy atom. The molecule has 1 aromatic heterocycles. The van der Waals surface area contributed by atoms with Crippen LogP contribution in [-0.4, -0.2) is 18.5 Å². The van der Waals surface area contributed by atoms with E-state index in [0.29, 0.717) is 10.1 Å². The van der Waals surface area contributed by atoms with Gasteiger partial charge < -0.3 is 10.1 Å². The number of carbonyl (C=O) groups is 2. The molecule has 1 heterocycles. The molecule has 0 saturated heterocycles. The average molecular weight is 357 g/mol. The molecule has 0 spiro atoms. The third kappa shape index (κ3) is 4.03. The van der Waals surface area contributed by atoms with Gasteiger partial charge in [-0.2, -0.15) is 0 Å². The zero-order valence-corrected chi connectivity index (χ0v) is 14.3. The van der Waals surface area contributed by atoms with E-state index in [0.717, 1.165) is 16.9 Å². The predicted molar refractivity (Wildman–Crippen MR) is 95.1 cm³/mol. The fraction of sp³-hybridized carbons (Fsp3) is 0.158. The van der Waals surface area contributed by atoms with E-state index in [1.54, 1.807) is 12.1 Å². The molecule has 1 amide bonds. The van der Waals surface area contributed by atoms with Crippen LogP contribution in [0.15, 0.2) is 54.6 Å². The van der Waals surface area contributed by atoms with Crippen molar-refractivity contribution in [3.8, 4) is 0 Å². The van der Waals surface area contributed by atoms with Crippen LogP contribution in [0.1, 0.15) is 28.2 Å². The highest BCUT2D eigenvalue weighted by Crippen LogP contribution is 2.28. The van der Waals surface area contributed by atoms with Crippen LogP contribution in [0.3, 0.4) is 0 Å². The Morgan fingerprint density at radius 1 is 1.16 bits per heavy atom. The van der Waals surface area contributed by atoms with E-state index in [1.165, 1.54) is 12.1 Å². The minimum atomic E-state index is -0.636. The lowest BCUT2D eigenvalue weighted by Crippen LogP contribution is -2.31. The van der Waals surface area contributed by atoms with Crippen molar-refractivity contribution in [2.75, 3.05) is 6.61 Å². The molecular formula is C19H16FNO3S. The van der Waals surface area contributed by atoms with E-state index in [4.69, 9.17) is 4.74 Å². The molecule has 3 rings (SSSR count). The lowest BCUT2D eigenvalue weighted by molar-refractivity contribution is -0.124. The normalized spacial score (nSPS) is 11.9. The van der Waals surface area contributed by atoms with Gasteiger partial charge >= 0.3 is 5.97 Å². The second-order valence-corrected chi connectivity index (χ2v) is 6.62. The lowest BCUT2D eigenvalue weighted by atomic mass is 10.1. The zero-order valence-electron chi connectivity index (χ0n) is 13.5. The predicted octanol–water partition coefficient (Wildman–Crippen LogP) is 4.07. The molecule has 0 unspecified atom stereocenters. The summed E-state index contributed by atoms with van der Waals surface area (Å²) in [6, 6.07) is 15.4. The molecule has 3 aromatic rings. The van der Waals surface area contributed by atoms with Crippen molar-refractivity contribution in [2.24, 2.45) is 0 Å². The van der Waals surface area contributed by atoms with Gasteiger partial charge in [0.15, 0.2) is 6.61 Å². The topological polar surface area (TPSA) is 55.4 Å². The number of fused-ring (bicyclic) bond motifs is 1. The Hall–Kier alpha value is -2.73. The SMILES string of the molecule is C[C@H](NC(=O)COC(=O)c1cc2c(F)cccc2s1)c1ccccc1. The molecule has 2 aromatic carbocycles. The summed E-state index contributed by atoms with van der Waals surface area (Å²) < 4.78 is 19.4. The third-order valence-corrected chi connectivity index (χ3v) is 4.80. The van der Waals surface area contributed by atoms with Gasteiger partial charge in [-0.05, 0) is 30.7 Å². The van der Waals surface area contributed by atoms with Crippen molar-refractivity contribution in [2.45, 2.75) is 13.0 Å². The van der Waals surface area contributed by atoms with E-state index in [9.17, 15) is 14.0 Å². The maximum Gasteiger partial charge on any atom is 0.348 e. The molecule has 0 fully saturated rings. The molecule has 0 radical (unpaired) electrons. The Balaban J connectivity index is 1.58. The summed E-state index contributed by atoms with van der Waals surface area (Å²) in [5.41, 5.74) is 0.960. The molecule has 6 heteroatoms. The first-order valence-corrected chi connectivity index (χ1v) is 8.56. The number of ether oxygens (including phenoxy) is 1. The van der Waals surface area contributed by atoms with Gasteiger partial charge in [0.25, 0.3) is 5.91 Å². The molecule has 0 aliphatic heterocycles. The van der Waals surface area contributed by atoms with E-state index in [2.05, 4.69) is 5.32 Å². The van der Waals surface area contributed by atoms with Crippen LogP contribution >= 0.6 is 11.3 Å².